The number of rotatable bonds is 2. The Kier molecular flexibility index (Phi) is 3.55. The van der Waals surface area contributed by atoms with Gasteiger partial charge in [0.1, 0.15) is 10.8 Å². The van der Waals surface area contributed by atoms with Crippen LogP contribution in [0.5, 0.6) is 0 Å². The van der Waals surface area contributed by atoms with Crippen LogP contribution in [0, 0.1) is 0 Å². The largest absolute Gasteiger partial charge is 0.390 e. The highest BCUT2D eigenvalue weighted by atomic mass is 32.1. The van der Waals surface area contributed by atoms with Crippen LogP contribution in [0.3, 0.4) is 0 Å². The van der Waals surface area contributed by atoms with E-state index in [1.807, 2.05) is 37.3 Å². The van der Waals surface area contributed by atoms with E-state index in [0.717, 1.165) is 48.2 Å². The summed E-state index contributed by atoms with van der Waals surface area (Å²) in [6, 6.07) is 9.85. The van der Waals surface area contributed by atoms with E-state index in [4.69, 9.17) is 22.9 Å². The minimum atomic E-state index is -0.570. The first kappa shape index (κ1) is 14.2. The minimum absolute atomic E-state index is 0.388. The van der Waals surface area contributed by atoms with E-state index in [2.05, 4.69) is 4.90 Å². The third-order valence-corrected chi connectivity index (χ3v) is 4.35. The molecular weight excluding hydrogens is 282 g/mol. The molecule has 0 bridgehead atoms. The molecule has 0 unspecified atom stereocenters. The molecule has 1 aromatic heterocycles. The molecule has 0 spiro atoms. The first-order valence-electron chi connectivity index (χ1n) is 7.13. The fraction of sp³-hybridized carbons (Fsp3) is 0.375. The van der Waals surface area contributed by atoms with Gasteiger partial charge in [-0.3, -0.25) is 0 Å². The van der Waals surface area contributed by atoms with Gasteiger partial charge in [0.2, 0.25) is 0 Å². The number of aliphatic hydroxyl groups is 1. The van der Waals surface area contributed by atoms with Crippen molar-refractivity contribution in [2.45, 2.75) is 25.4 Å². The van der Waals surface area contributed by atoms with Crippen molar-refractivity contribution in [1.82, 2.24) is 4.98 Å². The third kappa shape index (κ3) is 2.84. The summed E-state index contributed by atoms with van der Waals surface area (Å²) in [5.41, 5.74) is 7.06. The number of hydrogen-bond donors (Lipinski definition) is 2. The Morgan fingerprint density at radius 2 is 2.00 bits per heavy atom. The Hall–Kier alpha value is -1.72. The van der Waals surface area contributed by atoms with Gasteiger partial charge in [-0.2, -0.15) is 0 Å². The third-order valence-electron chi connectivity index (χ3n) is 4.13. The Balaban J connectivity index is 2.02. The van der Waals surface area contributed by atoms with Gasteiger partial charge in [0.15, 0.2) is 0 Å². The summed E-state index contributed by atoms with van der Waals surface area (Å²) >= 11 is 5.18. The van der Waals surface area contributed by atoms with Crippen molar-refractivity contribution in [3.05, 3.63) is 35.9 Å². The lowest BCUT2D eigenvalue weighted by Crippen LogP contribution is -2.42. The van der Waals surface area contributed by atoms with Crippen LogP contribution in [0.4, 0.5) is 5.82 Å². The van der Waals surface area contributed by atoms with Crippen LogP contribution >= 0.6 is 12.2 Å². The van der Waals surface area contributed by atoms with Gasteiger partial charge in [-0.15, -0.1) is 0 Å². The van der Waals surface area contributed by atoms with Gasteiger partial charge in [0.25, 0.3) is 0 Å². The number of nitrogens with zero attached hydrogens (tertiary/aromatic N) is 2. The molecule has 0 aliphatic carbocycles. The number of aromatic nitrogens is 1. The van der Waals surface area contributed by atoms with E-state index in [1.54, 1.807) is 0 Å². The average molecular weight is 301 g/mol. The van der Waals surface area contributed by atoms with Gasteiger partial charge >= 0.3 is 0 Å². The Morgan fingerprint density at radius 1 is 1.33 bits per heavy atom. The molecule has 0 radical (unpaired) electrons. The van der Waals surface area contributed by atoms with Gasteiger partial charge in [-0.1, -0.05) is 30.4 Å². The van der Waals surface area contributed by atoms with Gasteiger partial charge in [0.05, 0.1) is 11.1 Å². The summed E-state index contributed by atoms with van der Waals surface area (Å²) in [4.78, 5) is 7.29. The van der Waals surface area contributed by atoms with Gasteiger partial charge in [-0.05, 0) is 31.9 Å². The second-order valence-electron chi connectivity index (χ2n) is 5.89. The quantitative estimate of drug-likeness (QED) is 0.833. The SMILES string of the molecule is CC1(O)CCN(c2cc(C(N)=S)c3ccccc3n2)CC1. The summed E-state index contributed by atoms with van der Waals surface area (Å²) in [6.45, 7) is 3.46. The van der Waals surface area contributed by atoms with Crippen LogP contribution in [0.2, 0.25) is 0 Å². The van der Waals surface area contributed by atoms with Crippen LogP contribution < -0.4 is 10.6 Å². The molecule has 2 aromatic rings. The van der Waals surface area contributed by atoms with E-state index < -0.39 is 5.60 Å². The Morgan fingerprint density at radius 3 is 2.67 bits per heavy atom. The number of anilines is 1. The van der Waals surface area contributed by atoms with Gasteiger partial charge in [-0.25, -0.2) is 4.98 Å². The molecule has 110 valence electrons. The Labute approximate surface area is 129 Å². The zero-order valence-electron chi connectivity index (χ0n) is 12.0. The van der Waals surface area contributed by atoms with E-state index in [0.29, 0.717) is 4.99 Å². The van der Waals surface area contributed by atoms with Crippen LogP contribution in [0.1, 0.15) is 25.3 Å². The van der Waals surface area contributed by atoms with Crippen LogP contribution in [-0.4, -0.2) is 33.8 Å². The smallest absolute Gasteiger partial charge is 0.129 e. The molecule has 1 aromatic carbocycles. The number of pyridine rings is 1. The molecule has 1 fully saturated rings. The highest BCUT2D eigenvalue weighted by Gasteiger charge is 2.28. The summed E-state index contributed by atoms with van der Waals surface area (Å²) in [5.74, 6) is 0.881. The van der Waals surface area contributed by atoms with E-state index >= 15 is 0 Å². The molecule has 3 N–H and O–H groups in total. The number of fused-ring (bicyclic) bond motifs is 1. The van der Waals surface area contributed by atoms with Crippen molar-refractivity contribution in [3.63, 3.8) is 0 Å². The fourth-order valence-electron chi connectivity index (χ4n) is 2.74. The molecule has 1 aliphatic heterocycles. The van der Waals surface area contributed by atoms with Crippen molar-refractivity contribution in [2.24, 2.45) is 5.73 Å². The number of hydrogen-bond acceptors (Lipinski definition) is 4. The average Bonchev–Trinajstić information content (AvgIpc) is 2.46. The molecule has 0 amide bonds. The molecule has 4 nitrogen and oxygen atoms in total. The lowest BCUT2D eigenvalue weighted by atomic mass is 9.94. The van der Waals surface area contributed by atoms with Crippen LogP contribution in [-0.2, 0) is 0 Å². The molecule has 21 heavy (non-hydrogen) atoms. The van der Waals surface area contributed by atoms with Crippen molar-refractivity contribution in [3.8, 4) is 0 Å². The van der Waals surface area contributed by atoms with Crippen molar-refractivity contribution >= 4 is 33.9 Å². The monoisotopic (exact) mass is 301 g/mol. The van der Waals surface area contributed by atoms with Crippen LogP contribution in [0.15, 0.2) is 30.3 Å². The second-order valence-corrected chi connectivity index (χ2v) is 6.33. The molecule has 3 rings (SSSR count). The second kappa shape index (κ2) is 5.24. The lowest BCUT2D eigenvalue weighted by Gasteiger charge is -2.36. The molecule has 2 heterocycles. The van der Waals surface area contributed by atoms with Gasteiger partial charge < -0.3 is 15.7 Å². The highest BCUT2D eigenvalue weighted by molar-refractivity contribution is 7.80. The maximum atomic E-state index is 10.1. The van der Waals surface area contributed by atoms with Crippen molar-refractivity contribution in [1.29, 1.82) is 0 Å². The van der Waals surface area contributed by atoms with Crippen LogP contribution in [0.25, 0.3) is 10.9 Å². The number of piperidine rings is 1. The van der Waals surface area contributed by atoms with Gasteiger partial charge in [0, 0.05) is 24.0 Å². The molecular formula is C16H19N3OS. The standard InChI is InChI=1S/C16H19N3OS/c1-16(20)6-8-19(9-7-16)14-10-12(15(17)21)11-4-2-3-5-13(11)18-14/h2-5,10,20H,6-9H2,1H3,(H2,17,21). The maximum Gasteiger partial charge on any atom is 0.129 e. The first-order valence-corrected chi connectivity index (χ1v) is 7.54. The molecule has 1 aliphatic rings. The van der Waals surface area contributed by atoms with E-state index in [9.17, 15) is 5.11 Å². The summed E-state index contributed by atoms with van der Waals surface area (Å²) in [5, 5.41) is 11.0. The fourth-order valence-corrected chi connectivity index (χ4v) is 2.91. The van der Waals surface area contributed by atoms with Crippen molar-refractivity contribution < 1.29 is 5.11 Å². The maximum absolute atomic E-state index is 10.1. The van der Waals surface area contributed by atoms with E-state index in [-0.39, 0.29) is 0 Å². The number of benzene rings is 1. The molecule has 1 saturated heterocycles. The lowest BCUT2D eigenvalue weighted by molar-refractivity contribution is 0.0350. The predicted molar refractivity (Wildman–Crippen MR) is 89.7 cm³/mol. The zero-order valence-corrected chi connectivity index (χ0v) is 12.9. The van der Waals surface area contributed by atoms with E-state index in [1.165, 1.54) is 0 Å². The molecule has 0 atom stereocenters. The summed E-state index contributed by atoms with van der Waals surface area (Å²) < 4.78 is 0. The first-order chi connectivity index (χ1) is 9.96. The topological polar surface area (TPSA) is 62.4 Å². The highest BCUT2D eigenvalue weighted by Crippen LogP contribution is 2.28. The van der Waals surface area contributed by atoms with Crippen molar-refractivity contribution in [2.75, 3.05) is 18.0 Å². The minimum Gasteiger partial charge on any atom is -0.390 e. The molecule has 0 saturated carbocycles. The Bertz CT molecular complexity index is 689. The number of thiocarbonyl (C=S) groups is 1. The molecule has 5 heteroatoms. The number of para-hydroxylation sites is 1. The summed E-state index contributed by atoms with van der Waals surface area (Å²) in [7, 11) is 0. The normalized spacial score (nSPS) is 17.9. The zero-order chi connectivity index (χ0) is 15.0. The number of nitrogens with two attached hydrogens (primary N) is 1. The summed E-state index contributed by atoms with van der Waals surface area (Å²) in [6.07, 6.45) is 1.48. The predicted octanol–water partition coefficient (Wildman–Crippen LogP) is 2.22.